The molecule has 19 heavy (non-hydrogen) atoms. The lowest BCUT2D eigenvalue weighted by Crippen LogP contribution is -2.49. The molecular formula is C14H25NO4. The SMILES string of the molecule is C=CCC[C@H](C)COC(=O)N[C@H](C(=O)O)C(C)(C)C. The number of carbonyl (C=O) groups is 2. The molecule has 2 atom stereocenters. The van der Waals surface area contributed by atoms with Gasteiger partial charge in [0.15, 0.2) is 0 Å². The summed E-state index contributed by atoms with van der Waals surface area (Å²) in [6.07, 6.45) is 2.88. The molecule has 0 aliphatic heterocycles. The number of nitrogens with one attached hydrogen (secondary N) is 1. The Hall–Kier alpha value is -1.52. The highest BCUT2D eigenvalue weighted by Crippen LogP contribution is 2.19. The molecule has 0 saturated heterocycles. The van der Waals surface area contributed by atoms with Gasteiger partial charge in [0.2, 0.25) is 0 Å². The van der Waals surface area contributed by atoms with Gasteiger partial charge >= 0.3 is 12.1 Å². The minimum atomic E-state index is -1.07. The molecule has 0 fully saturated rings. The fraction of sp³-hybridized carbons (Fsp3) is 0.714. The Morgan fingerprint density at radius 2 is 2.00 bits per heavy atom. The Bertz CT molecular complexity index is 320. The molecule has 1 amide bonds. The minimum Gasteiger partial charge on any atom is -0.480 e. The summed E-state index contributed by atoms with van der Waals surface area (Å²) in [5, 5.41) is 11.5. The van der Waals surface area contributed by atoms with Gasteiger partial charge in [-0.3, -0.25) is 0 Å². The third-order valence-corrected chi connectivity index (χ3v) is 2.74. The number of aliphatic carboxylic acids is 1. The van der Waals surface area contributed by atoms with Crippen LogP contribution >= 0.6 is 0 Å². The molecule has 0 spiro atoms. The number of rotatable bonds is 7. The smallest absolute Gasteiger partial charge is 0.407 e. The van der Waals surface area contributed by atoms with Gasteiger partial charge in [0.05, 0.1) is 6.61 Å². The molecule has 0 aromatic rings. The second-order valence-electron chi connectivity index (χ2n) is 5.85. The van der Waals surface area contributed by atoms with Gasteiger partial charge in [0, 0.05) is 0 Å². The summed E-state index contributed by atoms with van der Waals surface area (Å²) in [7, 11) is 0. The molecule has 0 aromatic carbocycles. The van der Waals surface area contributed by atoms with Crippen LogP contribution in [-0.4, -0.2) is 29.8 Å². The van der Waals surface area contributed by atoms with E-state index < -0.39 is 23.5 Å². The molecule has 110 valence electrons. The van der Waals surface area contributed by atoms with Crippen molar-refractivity contribution in [1.82, 2.24) is 5.32 Å². The zero-order valence-electron chi connectivity index (χ0n) is 12.2. The number of carboxylic acid groups (broad SMARTS) is 1. The van der Waals surface area contributed by atoms with Gasteiger partial charge in [-0.05, 0) is 24.2 Å². The fourth-order valence-corrected chi connectivity index (χ4v) is 1.51. The summed E-state index contributed by atoms with van der Waals surface area (Å²) in [5.74, 6) is -0.842. The van der Waals surface area contributed by atoms with Crippen LogP contribution in [0.4, 0.5) is 4.79 Å². The first-order chi connectivity index (χ1) is 8.68. The van der Waals surface area contributed by atoms with Crippen molar-refractivity contribution in [2.45, 2.75) is 46.6 Å². The van der Waals surface area contributed by atoms with E-state index in [-0.39, 0.29) is 12.5 Å². The van der Waals surface area contributed by atoms with Crippen LogP contribution < -0.4 is 5.32 Å². The van der Waals surface area contributed by atoms with Crippen LogP contribution in [0, 0.1) is 11.3 Å². The normalized spacial score (nSPS) is 14.3. The molecular weight excluding hydrogens is 246 g/mol. The van der Waals surface area contributed by atoms with Crippen molar-refractivity contribution in [2.24, 2.45) is 11.3 Å². The van der Waals surface area contributed by atoms with Gasteiger partial charge in [-0.2, -0.15) is 0 Å². The first-order valence-electron chi connectivity index (χ1n) is 6.45. The third-order valence-electron chi connectivity index (χ3n) is 2.74. The van der Waals surface area contributed by atoms with Crippen molar-refractivity contribution in [2.75, 3.05) is 6.61 Å². The van der Waals surface area contributed by atoms with E-state index in [4.69, 9.17) is 9.84 Å². The summed E-state index contributed by atoms with van der Waals surface area (Å²) in [5.41, 5.74) is -0.570. The van der Waals surface area contributed by atoms with Gasteiger partial charge in [-0.25, -0.2) is 9.59 Å². The predicted octanol–water partition coefficient (Wildman–Crippen LogP) is 2.81. The van der Waals surface area contributed by atoms with Crippen molar-refractivity contribution >= 4 is 12.1 Å². The number of carbonyl (C=O) groups excluding carboxylic acids is 1. The summed E-state index contributed by atoms with van der Waals surface area (Å²) in [6.45, 7) is 11.1. The minimum absolute atomic E-state index is 0.224. The maximum absolute atomic E-state index is 11.6. The number of amides is 1. The Morgan fingerprint density at radius 3 is 2.42 bits per heavy atom. The first kappa shape index (κ1) is 17.5. The predicted molar refractivity (Wildman–Crippen MR) is 74.0 cm³/mol. The standard InChI is InChI=1S/C14H25NO4/c1-6-7-8-10(2)9-19-13(18)15-11(12(16)17)14(3,4)5/h6,10-11H,1,7-9H2,2-5H3,(H,15,18)(H,16,17)/t10-,11+/m0/s1. The van der Waals surface area contributed by atoms with Crippen molar-refractivity contribution in [3.05, 3.63) is 12.7 Å². The number of hydrogen-bond acceptors (Lipinski definition) is 3. The molecule has 0 radical (unpaired) electrons. The molecule has 0 heterocycles. The topological polar surface area (TPSA) is 75.6 Å². The van der Waals surface area contributed by atoms with Gasteiger partial charge < -0.3 is 15.2 Å². The highest BCUT2D eigenvalue weighted by atomic mass is 16.5. The van der Waals surface area contributed by atoms with Crippen LogP contribution in [0.1, 0.15) is 40.5 Å². The van der Waals surface area contributed by atoms with E-state index in [0.29, 0.717) is 0 Å². The molecule has 0 aromatic heterocycles. The maximum atomic E-state index is 11.6. The van der Waals surface area contributed by atoms with Crippen LogP contribution in [0.3, 0.4) is 0 Å². The van der Waals surface area contributed by atoms with Crippen molar-refractivity contribution in [3.8, 4) is 0 Å². The van der Waals surface area contributed by atoms with Crippen LogP contribution in [0.5, 0.6) is 0 Å². The quantitative estimate of drug-likeness (QED) is 0.698. The zero-order valence-corrected chi connectivity index (χ0v) is 12.2. The molecule has 0 aliphatic rings. The molecule has 5 nitrogen and oxygen atoms in total. The highest BCUT2D eigenvalue weighted by molar-refractivity contribution is 5.80. The van der Waals surface area contributed by atoms with Crippen LogP contribution in [0.25, 0.3) is 0 Å². The Kier molecular flexibility index (Phi) is 7.19. The van der Waals surface area contributed by atoms with Gasteiger partial charge in [0.1, 0.15) is 6.04 Å². The average Bonchev–Trinajstić information content (AvgIpc) is 2.28. The molecule has 0 bridgehead atoms. The fourth-order valence-electron chi connectivity index (χ4n) is 1.51. The molecule has 0 unspecified atom stereocenters. The lowest BCUT2D eigenvalue weighted by Gasteiger charge is -2.27. The van der Waals surface area contributed by atoms with E-state index >= 15 is 0 Å². The van der Waals surface area contributed by atoms with Gasteiger partial charge in [-0.15, -0.1) is 6.58 Å². The average molecular weight is 271 g/mol. The number of alkyl carbamates (subject to hydrolysis) is 1. The first-order valence-corrected chi connectivity index (χ1v) is 6.45. The third kappa shape index (κ3) is 7.49. The maximum Gasteiger partial charge on any atom is 0.407 e. The van der Waals surface area contributed by atoms with Crippen molar-refractivity contribution in [3.63, 3.8) is 0 Å². The van der Waals surface area contributed by atoms with Crippen LogP contribution in [0.2, 0.25) is 0 Å². The lowest BCUT2D eigenvalue weighted by atomic mass is 9.87. The van der Waals surface area contributed by atoms with E-state index in [1.807, 2.05) is 13.0 Å². The second kappa shape index (κ2) is 7.81. The Morgan fingerprint density at radius 1 is 1.42 bits per heavy atom. The van der Waals surface area contributed by atoms with E-state index in [2.05, 4.69) is 11.9 Å². The second-order valence-corrected chi connectivity index (χ2v) is 5.85. The summed E-state index contributed by atoms with van der Waals surface area (Å²) in [4.78, 5) is 22.6. The van der Waals surface area contributed by atoms with E-state index in [1.54, 1.807) is 20.8 Å². The van der Waals surface area contributed by atoms with Crippen LogP contribution in [0.15, 0.2) is 12.7 Å². The van der Waals surface area contributed by atoms with Crippen LogP contribution in [-0.2, 0) is 9.53 Å². The number of carboxylic acids is 1. The highest BCUT2D eigenvalue weighted by Gasteiger charge is 2.33. The van der Waals surface area contributed by atoms with Crippen molar-refractivity contribution < 1.29 is 19.4 Å². The largest absolute Gasteiger partial charge is 0.480 e. The molecule has 0 aliphatic carbocycles. The summed E-state index contributed by atoms with van der Waals surface area (Å²) in [6, 6.07) is -0.969. The molecule has 5 heteroatoms. The van der Waals surface area contributed by atoms with E-state index in [9.17, 15) is 9.59 Å². The van der Waals surface area contributed by atoms with Gasteiger partial charge in [0.25, 0.3) is 0 Å². The summed E-state index contributed by atoms with van der Waals surface area (Å²) >= 11 is 0. The Balaban J connectivity index is 4.22. The van der Waals surface area contributed by atoms with Crippen molar-refractivity contribution in [1.29, 1.82) is 0 Å². The zero-order chi connectivity index (χ0) is 15.1. The van der Waals surface area contributed by atoms with Gasteiger partial charge in [-0.1, -0.05) is 33.8 Å². The van der Waals surface area contributed by atoms with E-state index in [0.717, 1.165) is 12.8 Å². The summed E-state index contributed by atoms with van der Waals surface area (Å²) < 4.78 is 5.03. The molecule has 0 saturated carbocycles. The number of allylic oxidation sites excluding steroid dienone is 1. The number of hydrogen-bond donors (Lipinski definition) is 2. The Labute approximate surface area is 115 Å². The molecule has 0 rings (SSSR count). The number of ether oxygens (including phenoxy) is 1. The molecule has 2 N–H and O–H groups in total. The lowest BCUT2D eigenvalue weighted by molar-refractivity contribution is -0.142. The van der Waals surface area contributed by atoms with E-state index in [1.165, 1.54) is 0 Å². The monoisotopic (exact) mass is 271 g/mol.